The molecule has 2 rings (SSSR count). The number of carbonyl (C=O) groups excluding carboxylic acids is 1. The first-order valence-electron chi connectivity index (χ1n) is 9.34. The van der Waals surface area contributed by atoms with E-state index >= 15 is 0 Å². The summed E-state index contributed by atoms with van der Waals surface area (Å²) in [4.78, 5) is 21.1. The van der Waals surface area contributed by atoms with E-state index in [4.69, 9.17) is 4.74 Å². The molecule has 1 amide bonds. The van der Waals surface area contributed by atoms with E-state index in [1.165, 1.54) is 12.8 Å². The van der Waals surface area contributed by atoms with Crippen molar-refractivity contribution in [2.45, 2.75) is 65.5 Å². The quantitative estimate of drug-likeness (QED) is 0.796. The number of likely N-dealkylation sites (tertiary alicyclic amines) is 1. The monoisotopic (exact) mass is 347 g/mol. The van der Waals surface area contributed by atoms with Crippen molar-refractivity contribution in [3.05, 3.63) is 23.9 Å². The zero-order valence-electron chi connectivity index (χ0n) is 16.6. The maximum atomic E-state index is 12.5. The van der Waals surface area contributed by atoms with Gasteiger partial charge in [-0.25, -0.2) is 9.78 Å². The molecule has 140 valence electrons. The number of carbonyl (C=O) groups is 1. The highest BCUT2D eigenvalue weighted by atomic mass is 16.6. The van der Waals surface area contributed by atoms with Gasteiger partial charge >= 0.3 is 6.09 Å². The Morgan fingerprint density at radius 3 is 2.76 bits per heavy atom. The highest BCUT2D eigenvalue weighted by Crippen LogP contribution is 2.35. The number of ether oxygens (including phenoxy) is 1. The number of amides is 1. The minimum Gasteiger partial charge on any atom is -0.443 e. The van der Waals surface area contributed by atoms with Gasteiger partial charge in [-0.15, -0.1) is 0 Å². The van der Waals surface area contributed by atoms with Crippen molar-refractivity contribution >= 4 is 11.9 Å². The van der Waals surface area contributed by atoms with Gasteiger partial charge in [-0.05, 0) is 52.1 Å². The van der Waals surface area contributed by atoms with Crippen LogP contribution in [0.1, 0.15) is 65.5 Å². The molecule has 0 unspecified atom stereocenters. The summed E-state index contributed by atoms with van der Waals surface area (Å²) in [5.74, 6) is 1.32. The summed E-state index contributed by atoms with van der Waals surface area (Å²) in [5, 5.41) is 0. The topological polar surface area (TPSA) is 45.7 Å². The van der Waals surface area contributed by atoms with E-state index in [0.29, 0.717) is 17.8 Å². The van der Waals surface area contributed by atoms with Crippen LogP contribution in [0, 0.1) is 5.92 Å². The number of hydrogen-bond acceptors (Lipinski definition) is 4. The van der Waals surface area contributed by atoms with Gasteiger partial charge < -0.3 is 4.74 Å². The standard InChI is InChI=1S/C20H33N3O2/c1-15(2)14-23-13-8-7-11-17(23)16-10-9-12-21-18(16)22(6)19(24)25-20(3,4)5/h9-10,12,15,17H,7-8,11,13-14H2,1-6H3/t17-/m1/s1. The molecule has 25 heavy (non-hydrogen) atoms. The Bertz CT molecular complexity index is 581. The SMILES string of the molecule is CC(C)CN1CCCC[C@@H]1c1cccnc1N(C)C(=O)OC(C)(C)C. The first-order chi connectivity index (χ1) is 11.7. The highest BCUT2D eigenvalue weighted by Gasteiger charge is 2.30. The molecule has 1 aliphatic rings. The van der Waals surface area contributed by atoms with Crippen LogP contribution in [-0.4, -0.2) is 41.7 Å². The Morgan fingerprint density at radius 2 is 2.12 bits per heavy atom. The Morgan fingerprint density at radius 1 is 1.40 bits per heavy atom. The number of anilines is 1. The Balaban J connectivity index is 2.28. The van der Waals surface area contributed by atoms with Gasteiger partial charge in [0.25, 0.3) is 0 Å². The lowest BCUT2D eigenvalue weighted by atomic mass is 9.94. The fraction of sp³-hybridized carbons (Fsp3) is 0.700. The molecule has 1 saturated heterocycles. The molecule has 0 N–H and O–H groups in total. The Labute approximate surface area is 152 Å². The van der Waals surface area contributed by atoms with Gasteiger partial charge in [-0.1, -0.05) is 26.3 Å². The molecule has 5 heteroatoms. The lowest BCUT2D eigenvalue weighted by Crippen LogP contribution is -2.39. The summed E-state index contributed by atoms with van der Waals surface area (Å²) in [5.41, 5.74) is 0.602. The molecule has 1 aromatic rings. The lowest BCUT2D eigenvalue weighted by Gasteiger charge is -2.38. The van der Waals surface area contributed by atoms with E-state index < -0.39 is 5.60 Å². The van der Waals surface area contributed by atoms with Gasteiger partial charge in [0.15, 0.2) is 0 Å². The van der Waals surface area contributed by atoms with E-state index in [-0.39, 0.29) is 6.09 Å². The Hall–Kier alpha value is -1.62. The van der Waals surface area contributed by atoms with E-state index in [1.807, 2.05) is 26.8 Å². The molecule has 5 nitrogen and oxygen atoms in total. The van der Waals surface area contributed by atoms with Crippen LogP contribution >= 0.6 is 0 Å². The number of nitrogens with zero attached hydrogens (tertiary/aromatic N) is 3. The van der Waals surface area contributed by atoms with Crippen LogP contribution in [-0.2, 0) is 4.74 Å². The predicted molar refractivity (Wildman–Crippen MR) is 102 cm³/mol. The number of hydrogen-bond donors (Lipinski definition) is 0. The van der Waals surface area contributed by atoms with Crippen molar-refractivity contribution < 1.29 is 9.53 Å². The average Bonchev–Trinajstić information content (AvgIpc) is 2.52. The fourth-order valence-electron chi connectivity index (χ4n) is 3.40. The third-order valence-electron chi connectivity index (χ3n) is 4.37. The van der Waals surface area contributed by atoms with Gasteiger partial charge in [0.05, 0.1) is 0 Å². The molecule has 1 fully saturated rings. The van der Waals surface area contributed by atoms with Gasteiger partial charge in [0, 0.05) is 31.4 Å². The van der Waals surface area contributed by atoms with E-state index in [1.54, 1.807) is 18.1 Å². The molecule has 1 aromatic heterocycles. The smallest absolute Gasteiger partial charge is 0.415 e. The number of aromatic nitrogens is 1. The summed E-state index contributed by atoms with van der Waals surface area (Å²) < 4.78 is 5.52. The summed E-state index contributed by atoms with van der Waals surface area (Å²) in [6, 6.07) is 4.38. The molecular formula is C20H33N3O2. The van der Waals surface area contributed by atoms with Crippen molar-refractivity contribution in [3.63, 3.8) is 0 Å². The van der Waals surface area contributed by atoms with Crippen LogP contribution in [0.4, 0.5) is 10.6 Å². The van der Waals surface area contributed by atoms with Crippen molar-refractivity contribution in [2.75, 3.05) is 25.0 Å². The summed E-state index contributed by atoms with van der Waals surface area (Å²) in [7, 11) is 1.75. The first kappa shape index (κ1) is 19.7. The zero-order valence-corrected chi connectivity index (χ0v) is 16.6. The number of piperidine rings is 1. The largest absolute Gasteiger partial charge is 0.443 e. The summed E-state index contributed by atoms with van der Waals surface area (Å²) in [6.45, 7) is 12.3. The molecular weight excluding hydrogens is 314 g/mol. The first-order valence-corrected chi connectivity index (χ1v) is 9.34. The second kappa shape index (κ2) is 8.17. The van der Waals surface area contributed by atoms with Gasteiger partial charge in [0.2, 0.25) is 0 Å². The molecule has 1 atom stereocenters. The van der Waals surface area contributed by atoms with E-state index in [9.17, 15) is 4.79 Å². The average molecular weight is 348 g/mol. The molecule has 0 aromatic carbocycles. The van der Waals surface area contributed by atoms with E-state index in [2.05, 4.69) is 29.8 Å². The van der Waals surface area contributed by atoms with Crippen LogP contribution in [0.2, 0.25) is 0 Å². The van der Waals surface area contributed by atoms with Crippen molar-refractivity contribution in [2.24, 2.45) is 5.92 Å². The van der Waals surface area contributed by atoms with Crippen LogP contribution < -0.4 is 4.90 Å². The number of pyridine rings is 1. The maximum Gasteiger partial charge on any atom is 0.415 e. The normalized spacial score (nSPS) is 19.1. The molecule has 0 bridgehead atoms. The van der Waals surface area contributed by atoms with Crippen LogP contribution in [0.25, 0.3) is 0 Å². The molecule has 2 heterocycles. The van der Waals surface area contributed by atoms with Crippen LogP contribution in [0.15, 0.2) is 18.3 Å². The second-order valence-electron chi connectivity index (χ2n) is 8.36. The van der Waals surface area contributed by atoms with E-state index in [0.717, 1.165) is 25.1 Å². The van der Waals surface area contributed by atoms with Crippen molar-refractivity contribution in [3.8, 4) is 0 Å². The highest BCUT2D eigenvalue weighted by molar-refractivity contribution is 5.87. The molecule has 0 spiro atoms. The van der Waals surface area contributed by atoms with Crippen LogP contribution in [0.5, 0.6) is 0 Å². The van der Waals surface area contributed by atoms with Gasteiger partial charge in [-0.3, -0.25) is 9.80 Å². The third kappa shape index (κ3) is 5.43. The van der Waals surface area contributed by atoms with Crippen molar-refractivity contribution in [1.82, 2.24) is 9.88 Å². The minimum atomic E-state index is -0.519. The molecule has 1 aliphatic heterocycles. The van der Waals surface area contributed by atoms with Crippen LogP contribution in [0.3, 0.4) is 0 Å². The summed E-state index contributed by atoms with van der Waals surface area (Å²) >= 11 is 0. The summed E-state index contributed by atoms with van der Waals surface area (Å²) in [6.07, 6.45) is 4.94. The Kier molecular flexibility index (Phi) is 6.44. The second-order valence-corrected chi connectivity index (χ2v) is 8.36. The molecule has 0 radical (unpaired) electrons. The predicted octanol–water partition coefficient (Wildman–Crippen LogP) is 4.64. The fourth-order valence-corrected chi connectivity index (χ4v) is 3.40. The lowest BCUT2D eigenvalue weighted by molar-refractivity contribution is 0.0587. The van der Waals surface area contributed by atoms with Gasteiger partial charge in [-0.2, -0.15) is 0 Å². The number of rotatable bonds is 4. The molecule has 0 saturated carbocycles. The minimum absolute atomic E-state index is 0.310. The molecule has 0 aliphatic carbocycles. The van der Waals surface area contributed by atoms with Crippen molar-refractivity contribution in [1.29, 1.82) is 0 Å². The zero-order chi connectivity index (χ0) is 18.6. The maximum absolute atomic E-state index is 12.5. The van der Waals surface area contributed by atoms with Gasteiger partial charge in [0.1, 0.15) is 11.4 Å². The third-order valence-corrected chi connectivity index (χ3v) is 4.37.